The Morgan fingerprint density at radius 3 is 2.23 bits per heavy atom. The third-order valence-electron chi connectivity index (χ3n) is 3.25. The lowest BCUT2D eigenvalue weighted by Crippen LogP contribution is -2.21. The van der Waals surface area contributed by atoms with Crippen LogP contribution in [-0.4, -0.2) is 18.9 Å². The number of ether oxygens (including phenoxy) is 1. The number of amides is 2. The van der Waals surface area contributed by atoms with Gasteiger partial charge in [0, 0.05) is 10.7 Å². The van der Waals surface area contributed by atoms with Crippen molar-refractivity contribution in [2.45, 2.75) is 12.6 Å². The van der Waals surface area contributed by atoms with Crippen LogP contribution in [0.15, 0.2) is 42.5 Å². The molecule has 2 aromatic carbocycles. The van der Waals surface area contributed by atoms with E-state index in [4.69, 9.17) is 16.3 Å². The topological polar surface area (TPSA) is 67.4 Å². The quantitative estimate of drug-likeness (QED) is 0.751. The van der Waals surface area contributed by atoms with E-state index < -0.39 is 30.0 Å². The van der Waals surface area contributed by atoms with Gasteiger partial charge in [-0.1, -0.05) is 11.6 Å². The fraction of sp³-hybridized carbons (Fsp3) is 0.176. The van der Waals surface area contributed by atoms with Crippen LogP contribution in [0.5, 0.6) is 5.75 Å². The fourth-order valence-electron chi connectivity index (χ4n) is 2.07. The van der Waals surface area contributed by atoms with Gasteiger partial charge in [-0.25, -0.2) is 0 Å². The number of benzene rings is 2. The molecule has 0 bridgehead atoms. The van der Waals surface area contributed by atoms with Crippen molar-refractivity contribution in [1.29, 1.82) is 0 Å². The molecule has 2 aromatic rings. The van der Waals surface area contributed by atoms with E-state index in [-0.39, 0.29) is 5.69 Å². The van der Waals surface area contributed by atoms with Crippen LogP contribution in [0.1, 0.15) is 12.0 Å². The smallest absolute Gasteiger partial charge is 0.416 e. The number of alkyl halides is 3. The molecule has 138 valence electrons. The van der Waals surface area contributed by atoms with Gasteiger partial charge >= 0.3 is 6.18 Å². The van der Waals surface area contributed by atoms with Crippen molar-refractivity contribution >= 4 is 34.8 Å². The molecule has 5 nitrogen and oxygen atoms in total. The molecule has 0 radical (unpaired) electrons. The molecule has 0 spiro atoms. The van der Waals surface area contributed by atoms with Gasteiger partial charge in [0.05, 0.1) is 18.4 Å². The summed E-state index contributed by atoms with van der Waals surface area (Å²) < 4.78 is 42.5. The Morgan fingerprint density at radius 1 is 1.04 bits per heavy atom. The molecule has 0 aliphatic heterocycles. The summed E-state index contributed by atoms with van der Waals surface area (Å²) in [4.78, 5) is 23.8. The van der Waals surface area contributed by atoms with Crippen LogP contribution >= 0.6 is 11.6 Å². The Hall–Kier alpha value is -2.74. The number of hydrogen-bond acceptors (Lipinski definition) is 3. The molecule has 0 atom stereocenters. The molecule has 9 heteroatoms. The molecule has 2 amide bonds. The van der Waals surface area contributed by atoms with Crippen LogP contribution in [-0.2, 0) is 15.8 Å². The first kappa shape index (κ1) is 19.6. The normalized spacial score (nSPS) is 11.0. The molecule has 0 aromatic heterocycles. The van der Waals surface area contributed by atoms with Gasteiger partial charge in [0.2, 0.25) is 11.8 Å². The Balaban J connectivity index is 1.95. The van der Waals surface area contributed by atoms with E-state index in [1.54, 1.807) is 12.1 Å². The zero-order valence-corrected chi connectivity index (χ0v) is 14.2. The second-order valence-electron chi connectivity index (χ2n) is 5.19. The summed E-state index contributed by atoms with van der Waals surface area (Å²) in [7, 11) is 1.41. The highest BCUT2D eigenvalue weighted by Crippen LogP contribution is 2.30. The first-order valence-electron chi connectivity index (χ1n) is 7.29. The van der Waals surface area contributed by atoms with Gasteiger partial charge < -0.3 is 15.4 Å². The highest BCUT2D eigenvalue weighted by Gasteiger charge is 2.30. The van der Waals surface area contributed by atoms with Crippen LogP contribution in [0.25, 0.3) is 0 Å². The number of anilines is 2. The van der Waals surface area contributed by atoms with Gasteiger partial charge in [-0.15, -0.1) is 0 Å². The number of methoxy groups -OCH3 is 1. The molecule has 0 aliphatic carbocycles. The summed E-state index contributed by atoms with van der Waals surface area (Å²) in [5, 5.41) is 5.21. The molecule has 26 heavy (non-hydrogen) atoms. The maximum Gasteiger partial charge on any atom is 0.416 e. The number of halogens is 4. The number of rotatable bonds is 5. The van der Waals surface area contributed by atoms with E-state index in [1.165, 1.54) is 13.2 Å². The van der Waals surface area contributed by atoms with Crippen LogP contribution in [0.2, 0.25) is 5.02 Å². The fourth-order valence-corrected chi connectivity index (χ4v) is 2.24. The Kier molecular flexibility index (Phi) is 6.10. The van der Waals surface area contributed by atoms with E-state index in [2.05, 4.69) is 10.6 Å². The predicted octanol–water partition coefficient (Wildman–Crippen LogP) is 4.33. The van der Waals surface area contributed by atoms with E-state index >= 15 is 0 Å². The Labute approximate surface area is 152 Å². The number of carbonyl (C=O) groups excluding carboxylic acids is 2. The van der Waals surface area contributed by atoms with Crippen molar-refractivity contribution in [1.82, 2.24) is 0 Å². The Morgan fingerprint density at radius 2 is 1.65 bits per heavy atom. The first-order valence-corrected chi connectivity index (χ1v) is 7.67. The number of carbonyl (C=O) groups is 2. The molecular formula is C17H14ClF3N2O3. The highest BCUT2D eigenvalue weighted by molar-refractivity contribution is 6.31. The minimum Gasteiger partial charge on any atom is -0.495 e. The predicted molar refractivity (Wildman–Crippen MR) is 91.3 cm³/mol. The lowest BCUT2D eigenvalue weighted by Gasteiger charge is -2.11. The zero-order valence-electron chi connectivity index (χ0n) is 13.5. The maximum atomic E-state index is 12.5. The van der Waals surface area contributed by atoms with Crippen molar-refractivity contribution in [3.05, 3.63) is 53.1 Å². The summed E-state index contributed by atoms with van der Waals surface area (Å²) >= 11 is 5.85. The first-order chi connectivity index (χ1) is 12.2. The molecular weight excluding hydrogens is 373 g/mol. The summed E-state index contributed by atoms with van der Waals surface area (Å²) in [5.41, 5.74) is -0.384. The van der Waals surface area contributed by atoms with Crippen LogP contribution < -0.4 is 15.4 Å². The lowest BCUT2D eigenvalue weighted by molar-refractivity contribution is -0.137. The monoisotopic (exact) mass is 386 g/mol. The van der Waals surface area contributed by atoms with Gasteiger partial charge in [0.25, 0.3) is 0 Å². The van der Waals surface area contributed by atoms with Crippen LogP contribution in [0.4, 0.5) is 24.5 Å². The largest absolute Gasteiger partial charge is 0.495 e. The summed E-state index contributed by atoms with van der Waals surface area (Å²) in [6.07, 6.45) is -4.99. The van der Waals surface area contributed by atoms with Crippen molar-refractivity contribution < 1.29 is 27.5 Å². The second kappa shape index (κ2) is 8.09. The molecule has 2 rings (SSSR count). The maximum absolute atomic E-state index is 12.5. The molecule has 0 saturated carbocycles. The lowest BCUT2D eigenvalue weighted by atomic mass is 10.2. The van der Waals surface area contributed by atoms with Crippen molar-refractivity contribution in [2.24, 2.45) is 0 Å². The second-order valence-corrected chi connectivity index (χ2v) is 5.63. The zero-order chi connectivity index (χ0) is 19.3. The molecule has 2 N–H and O–H groups in total. The van der Waals surface area contributed by atoms with Crippen LogP contribution in [0, 0.1) is 0 Å². The number of nitrogens with one attached hydrogen (secondary N) is 2. The van der Waals surface area contributed by atoms with E-state index in [0.29, 0.717) is 16.5 Å². The molecule has 0 fully saturated rings. The summed E-state index contributed by atoms with van der Waals surface area (Å²) in [5.74, 6) is -0.941. The third-order valence-corrected chi connectivity index (χ3v) is 3.49. The molecule has 0 aliphatic rings. The minimum atomic E-state index is -4.46. The number of hydrogen-bond donors (Lipinski definition) is 2. The van der Waals surface area contributed by atoms with Crippen molar-refractivity contribution in [3.63, 3.8) is 0 Å². The molecule has 0 unspecified atom stereocenters. The van der Waals surface area contributed by atoms with Gasteiger partial charge in [-0.05, 0) is 42.5 Å². The molecule has 0 heterocycles. The van der Waals surface area contributed by atoms with Gasteiger partial charge in [-0.3, -0.25) is 9.59 Å². The van der Waals surface area contributed by atoms with Gasteiger partial charge in [0.1, 0.15) is 12.2 Å². The Bertz CT molecular complexity index is 808. The van der Waals surface area contributed by atoms with Gasteiger partial charge in [0.15, 0.2) is 0 Å². The van der Waals surface area contributed by atoms with E-state index in [9.17, 15) is 22.8 Å². The summed E-state index contributed by atoms with van der Waals surface area (Å²) in [6.45, 7) is 0. The van der Waals surface area contributed by atoms with Gasteiger partial charge in [-0.2, -0.15) is 13.2 Å². The highest BCUT2D eigenvalue weighted by atomic mass is 35.5. The SMILES string of the molecule is COc1ccc(Cl)cc1NC(=O)CC(=O)Nc1ccc(C(F)(F)F)cc1. The average Bonchev–Trinajstić information content (AvgIpc) is 2.54. The van der Waals surface area contributed by atoms with E-state index in [1.807, 2.05) is 0 Å². The summed E-state index contributed by atoms with van der Waals surface area (Å²) in [6, 6.07) is 8.50. The van der Waals surface area contributed by atoms with E-state index in [0.717, 1.165) is 24.3 Å². The minimum absolute atomic E-state index is 0.149. The van der Waals surface area contributed by atoms with Crippen LogP contribution in [0.3, 0.4) is 0 Å². The molecule has 0 saturated heterocycles. The third kappa shape index (κ3) is 5.38. The van der Waals surface area contributed by atoms with Crippen molar-refractivity contribution in [3.8, 4) is 5.75 Å². The average molecular weight is 387 g/mol. The van der Waals surface area contributed by atoms with Crippen molar-refractivity contribution in [2.75, 3.05) is 17.7 Å². The standard InChI is InChI=1S/C17H14ClF3N2O3/c1-26-14-7-4-11(18)8-13(14)23-16(25)9-15(24)22-12-5-2-10(3-6-12)17(19,20)21/h2-8H,9H2,1H3,(H,22,24)(H,23,25).